The van der Waals surface area contributed by atoms with Gasteiger partial charge < -0.3 is 5.32 Å². The van der Waals surface area contributed by atoms with Crippen LogP contribution in [0.1, 0.15) is 11.1 Å². The molecule has 0 aliphatic rings. The molecule has 0 bridgehead atoms. The highest BCUT2D eigenvalue weighted by molar-refractivity contribution is 9.10. The average molecular weight is 334 g/mol. The number of halogens is 1. The van der Waals surface area contributed by atoms with Gasteiger partial charge >= 0.3 is 0 Å². The van der Waals surface area contributed by atoms with Crippen molar-refractivity contribution in [2.45, 2.75) is 13.8 Å². The number of benzene rings is 1. The Morgan fingerprint density at radius 2 is 2.05 bits per heavy atom. The Bertz CT molecular complexity index is 752. The summed E-state index contributed by atoms with van der Waals surface area (Å²) in [4.78, 5) is 8.90. The van der Waals surface area contributed by atoms with Crippen LogP contribution in [0.4, 0.5) is 10.9 Å². The fourth-order valence-electron chi connectivity index (χ4n) is 1.81. The van der Waals surface area contributed by atoms with Gasteiger partial charge in [-0.25, -0.2) is 9.97 Å². The molecule has 0 aliphatic carbocycles. The molecule has 0 radical (unpaired) electrons. The molecule has 0 aliphatic heterocycles. The van der Waals surface area contributed by atoms with E-state index in [-0.39, 0.29) is 0 Å². The molecule has 5 heteroatoms. The molecule has 3 rings (SSSR count). The SMILES string of the molecule is Cc1ccc2nc(Nc3nccc(C)c3Br)sc2c1. The Morgan fingerprint density at radius 3 is 2.89 bits per heavy atom. The van der Waals surface area contributed by atoms with Gasteiger partial charge in [-0.05, 0) is 59.1 Å². The molecular weight excluding hydrogens is 322 g/mol. The minimum atomic E-state index is 0.802. The van der Waals surface area contributed by atoms with E-state index in [1.165, 1.54) is 10.3 Å². The number of aryl methyl sites for hydroxylation is 2. The van der Waals surface area contributed by atoms with Gasteiger partial charge in [-0.3, -0.25) is 0 Å². The van der Waals surface area contributed by atoms with Crippen LogP contribution >= 0.6 is 27.3 Å². The lowest BCUT2D eigenvalue weighted by atomic mass is 10.2. The van der Waals surface area contributed by atoms with Gasteiger partial charge in [0.2, 0.25) is 0 Å². The van der Waals surface area contributed by atoms with E-state index in [0.717, 1.165) is 26.5 Å². The van der Waals surface area contributed by atoms with E-state index in [0.29, 0.717) is 0 Å². The van der Waals surface area contributed by atoms with Crippen molar-refractivity contribution in [2.24, 2.45) is 0 Å². The summed E-state index contributed by atoms with van der Waals surface area (Å²) in [6, 6.07) is 8.24. The van der Waals surface area contributed by atoms with E-state index >= 15 is 0 Å². The maximum atomic E-state index is 4.57. The van der Waals surface area contributed by atoms with Crippen molar-refractivity contribution >= 4 is 48.4 Å². The minimum absolute atomic E-state index is 0.802. The Morgan fingerprint density at radius 1 is 1.21 bits per heavy atom. The highest BCUT2D eigenvalue weighted by Crippen LogP contribution is 2.31. The van der Waals surface area contributed by atoms with Crippen molar-refractivity contribution in [1.82, 2.24) is 9.97 Å². The molecule has 3 nitrogen and oxygen atoms in total. The number of hydrogen-bond acceptors (Lipinski definition) is 4. The second kappa shape index (κ2) is 4.90. The molecule has 0 atom stereocenters. The fraction of sp³-hybridized carbons (Fsp3) is 0.143. The summed E-state index contributed by atoms with van der Waals surface area (Å²) in [5.74, 6) is 0.802. The van der Waals surface area contributed by atoms with Crippen LogP contribution in [0.15, 0.2) is 34.9 Å². The van der Waals surface area contributed by atoms with Gasteiger partial charge in [0.15, 0.2) is 5.13 Å². The second-order valence-electron chi connectivity index (χ2n) is 4.41. The van der Waals surface area contributed by atoms with Crippen LogP contribution in [0, 0.1) is 13.8 Å². The first-order valence-electron chi connectivity index (χ1n) is 5.89. The van der Waals surface area contributed by atoms with Crippen molar-refractivity contribution in [2.75, 3.05) is 5.32 Å². The lowest BCUT2D eigenvalue weighted by Gasteiger charge is -2.05. The standard InChI is InChI=1S/C14H12BrN3S/c1-8-3-4-10-11(7-8)19-14(17-10)18-13-12(15)9(2)5-6-16-13/h3-7H,1-2H3,(H,16,17,18). The molecule has 0 fully saturated rings. The summed E-state index contributed by atoms with van der Waals surface area (Å²) in [5.41, 5.74) is 3.41. The maximum absolute atomic E-state index is 4.57. The van der Waals surface area contributed by atoms with Crippen LogP contribution in [0.2, 0.25) is 0 Å². The Hall–Kier alpha value is -1.46. The maximum Gasteiger partial charge on any atom is 0.189 e. The highest BCUT2D eigenvalue weighted by Gasteiger charge is 2.08. The molecule has 2 heterocycles. The first-order chi connectivity index (χ1) is 9.13. The van der Waals surface area contributed by atoms with Gasteiger partial charge in [0, 0.05) is 6.20 Å². The minimum Gasteiger partial charge on any atom is -0.315 e. The van der Waals surface area contributed by atoms with Gasteiger partial charge in [-0.1, -0.05) is 17.4 Å². The third-order valence-corrected chi connectivity index (χ3v) is 4.79. The summed E-state index contributed by atoms with van der Waals surface area (Å²) in [7, 11) is 0. The lowest BCUT2D eigenvalue weighted by molar-refractivity contribution is 1.24. The number of aromatic nitrogens is 2. The van der Waals surface area contributed by atoms with Crippen molar-refractivity contribution < 1.29 is 0 Å². The molecule has 0 saturated heterocycles. The number of hydrogen-bond donors (Lipinski definition) is 1. The summed E-state index contributed by atoms with van der Waals surface area (Å²) < 4.78 is 2.16. The monoisotopic (exact) mass is 333 g/mol. The van der Waals surface area contributed by atoms with Crippen LogP contribution in [-0.2, 0) is 0 Å². The largest absolute Gasteiger partial charge is 0.315 e. The second-order valence-corrected chi connectivity index (χ2v) is 6.23. The van der Waals surface area contributed by atoms with E-state index in [4.69, 9.17) is 0 Å². The predicted octanol–water partition coefficient (Wildman–Crippen LogP) is 4.81. The van der Waals surface area contributed by atoms with Crippen LogP contribution in [-0.4, -0.2) is 9.97 Å². The van der Waals surface area contributed by atoms with Crippen molar-refractivity contribution in [3.63, 3.8) is 0 Å². The van der Waals surface area contributed by atoms with Gasteiger partial charge in [-0.2, -0.15) is 0 Å². The third kappa shape index (κ3) is 2.48. The van der Waals surface area contributed by atoms with E-state index < -0.39 is 0 Å². The topological polar surface area (TPSA) is 37.8 Å². The predicted molar refractivity (Wildman–Crippen MR) is 84.3 cm³/mol. The number of nitrogens with zero attached hydrogens (tertiary/aromatic N) is 2. The van der Waals surface area contributed by atoms with Gasteiger partial charge in [0.05, 0.1) is 14.7 Å². The quantitative estimate of drug-likeness (QED) is 0.730. The van der Waals surface area contributed by atoms with Gasteiger partial charge in [-0.15, -0.1) is 0 Å². The molecule has 1 aromatic carbocycles. The van der Waals surface area contributed by atoms with Crippen LogP contribution < -0.4 is 5.32 Å². The van der Waals surface area contributed by atoms with E-state index in [1.807, 2.05) is 19.1 Å². The first-order valence-corrected chi connectivity index (χ1v) is 7.50. The zero-order valence-electron chi connectivity index (χ0n) is 10.6. The summed E-state index contributed by atoms with van der Waals surface area (Å²) in [6.07, 6.45) is 1.79. The number of rotatable bonds is 2. The molecule has 3 aromatic rings. The van der Waals surface area contributed by atoms with Crippen LogP contribution in [0.3, 0.4) is 0 Å². The molecule has 96 valence electrons. The number of pyridine rings is 1. The van der Waals surface area contributed by atoms with E-state index in [2.05, 4.69) is 50.3 Å². The highest BCUT2D eigenvalue weighted by atomic mass is 79.9. The zero-order valence-corrected chi connectivity index (χ0v) is 13.0. The Kier molecular flexibility index (Phi) is 3.24. The smallest absolute Gasteiger partial charge is 0.189 e. The number of thiazole rings is 1. The summed E-state index contributed by atoms with van der Waals surface area (Å²) >= 11 is 5.18. The first kappa shape index (κ1) is 12.6. The molecule has 0 spiro atoms. The number of anilines is 2. The van der Waals surface area contributed by atoms with E-state index in [9.17, 15) is 0 Å². The van der Waals surface area contributed by atoms with Gasteiger partial charge in [0.1, 0.15) is 5.82 Å². The van der Waals surface area contributed by atoms with Crippen molar-refractivity contribution in [3.05, 3.63) is 46.1 Å². The zero-order chi connectivity index (χ0) is 13.4. The van der Waals surface area contributed by atoms with E-state index in [1.54, 1.807) is 17.5 Å². The number of fused-ring (bicyclic) bond motifs is 1. The normalized spacial score (nSPS) is 10.9. The molecule has 0 amide bonds. The van der Waals surface area contributed by atoms with Crippen LogP contribution in [0.25, 0.3) is 10.2 Å². The molecule has 19 heavy (non-hydrogen) atoms. The average Bonchev–Trinajstić information content (AvgIpc) is 2.76. The molecular formula is C14H12BrN3S. The molecule has 0 unspecified atom stereocenters. The van der Waals surface area contributed by atoms with Crippen molar-refractivity contribution in [1.29, 1.82) is 0 Å². The Balaban J connectivity index is 1.99. The Labute approximate surface area is 123 Å². The van der Waals surface area contributed by atoms with Crippen LogP contribution in [0.5, 0.6) is 0 Å². The summed E-state index contributed by atoms with van der Waals surface area (Å²) in [5, 5.41) is 4.13. The lowest BCUT2D eigenvalue weighted by Crippen LogP contribution is -1.94. The summed E-state index contributed by atoms with van der Waals surface area (Å²) in [6.45, 7) is 4.13. The molecule has 2 aromatic heterocycles. The molecule has 1 N–H and O–H groups in total. The number of nitrogens with one attached hydrogen (secondary N) is 1. The fourth-order valence-corrected chi connectivity index (χ4v) is 3.11. The van der Waals surface area contributed by atoms with Crippen molar-refractivity contribution in [3.8, 4) is 0 Å². The molecule has 0 saturated carbocycles. The van der Waals surface area contributed by atoms with Gasteiger partial charge in [0.25, 0.3) is 0 Å². The third-order valence-electron chi connectivity index (χ3n) is 2.85.